The molecule has 0 radical (unpaired) electrons. The van der Waals surface area contributed by atoms with E-state index in [1.165, 1.54) is 198 Å². The van der Waals surface area contributed by atoms with Gasteiger partial charge in [-0.2, -0.15) is 0 Å². The van der Waals surface area contributed by atoms with Gasteiger partial charge in [-0.1, -0.05) is 260 Å². The van der Waals surface area contributed by atoms with Crippen LogP contribution in [0.3, 0.4) is 0 Å². The van der Waals surface area contributed by atoms with Crippen LogP contribution in [-0.2, 0) is 21.7 Å². The zero-order chi connectivity index (χ0) is 85.6. The molecule has 5 nitrogen and oxygen atoms in total. The molecule has 0 amide bonds. The molecule has 4 atom stereocenters. The molecule has 19 aromatic rings. The van der Waals surface area contributed by atoms with E-state index < -0.39 is 0 Å². The fourth-order valence-electron chi connectivity index (χ4n) is 26.2. The predicted octanol–water partition coefficient (Wildman–Crippen LogP) is 32.7. The Morgan fingerprint density at radius 1 is 0.242 bits per heavy atom. The summed E-state index contributed by atoms with van der Waals surface area (Å²) in [5.41, 5.74) is 36.1. The minimum absolute atomic E-state index is 0.246. The molecule has 8 aliphatic rings. The van der Waals surface area contributed by atoms with E-state index in [9.17, 15) is 0 Å². The van der Waals surface area contributed by atoms with Crippen LogP contribution in [-0.4, -0.2) is 13.7 Å². The number of fused-ring (bicyclic) bond motifs is 9. The van der Waals surface area contributed by atoms with Crippen LogP contribution >= 0.6 is 0 Å². The highest BCUT2D eigenvalue weighted by Crippen LogP contribution is 2.68. The quantitative estimate of drug-likeness (QED) is 0.0906. The summed E-state index contributed by atoms with van der Waals surface area (Å²) in [4.78, 5) is 4.82. The highest BCUT2D eigenvalue weighted by molar-refractivity contribution is 6.15. The van der Waals surface area contributed by atoms with Gasteiger partial charge in [0.1, 0.15) is 0 Å². The molecule has 16 aromatic carbocycles. The molecule has 8 saturated carbocycles. The first-order valence-electron chi connectivity index (χ1n) is 46.6. The Morgan fingerprint density at radius 3 is 0.812 bits per heavy atom. The Kier molecular flexibility index (Phi) is 18.6. The summed E-state index contributed by atoms with van der Waals surface area (Å²) in [6.07, 6.45) is 20.0. The SMILES string of the molecule is C=Cc1ccc(C23CC4CC(C2)CC(c2ccc(-c5ccc6c(c5)c5cc(N(c7ccc(C)cc7)c7ccc(C)cc7)ccc5n6-c5ccccc5)cc2)(C4)C3)cc1.C=Cc1ccc(C23CC4CC(C2)CC(c2ccc(-c5ccc6c(c5)c5cc(N(c7ccc(C)cc7)c7ccc8c(c7)c7ccccc7n8-c7ccccc7)ccc5n6-c5ccccc5)cc2)(C4)C3)cc1. The van der Waals surface area contributed by atoms with E-state index in [1.54, 1.807) is 22.3 Å². The van der Waals surface area contributed by atoms with E-state index in [0.29, 0.717) is 5.41 Å². The lowest BCUT2D eigenvalue weighted by atomic mass is 9.41. The van der Waals surface area contributed by atoms with Crippen molar-refractivity contribution in [2.75, 3.05) is 9.80 Å². The fraction of sp³-hybridized carbons (Fsp3) is 0.187. The molecule has 0 saturated heterocycles. The Labute approximate surface area is 751 Å². The average Bonchev–Trinajstić information content (AvgIpc) is 1.24. The van der Waals surface area contributed by atoms with Crippen molar-refractivity contribution in [1.82, 2.24) is 13.7 Å². The summed E-state index contributed by atoms with van der Waals surface area (Å²) >= 11 is 0. The molecule has 3 heterocycles. The van der Waals surface area contributed by atoms with Gasteiger partial charge in [-0.25, -0.2) is 0 Å². The zero-order valence-electron chi connectivity index (χ0n) is 73.4. The summed E-state index contributed by atoms with van der Waals surface area (Å²) in [6, 6.07) is 142. The third kappa shape index (κ3) is 13.1. The van der Waals surface area contributed by atoms with E-state index in [-0.39, 0.29) is 16.2 Å². The van der Waals surface area contributed by atoms with Crippen molar-refractivity contribution < 1.29 is 0 Å². The van der Waals surface area contributed by atoms with Crippen LogP contribution in [0.1, 0.15) is 127 Å². The summed E-state index contributed by atoms with van der Waals surface area (Å²) in [6.45, 7) is 14.5. The second-order valence-electron chi connectivity index (χ2n) is 39.1. The topological polar surface area (TPSA) is 21.3 Å². The number of para-hydroxylation sites is 4. The van der Waals surface area contributed by atoms with Crippen LogP contribution in [0.25, 0.3) is 117 Å². The third-order valence-electron chi connectivity index (χ3n) is 31.1. The van der Waals surface area contributed by atoms with Crippen LogP contribution in [0.2, 0.25) is 0 Å². The monoisotopic (exact) mass is 1650 g/mol. The first kappa shape index (κ1) is 77.6. The molecule has 27 rings (SSSR count). The van der Waals surface area contributed by atoms with Crippen molar-refractivity contribution in [1.29, 1.82) is 0 Å². The molecule has 128 heavy (non-hydrogen) atoms. The number of aryl methyl sites for hydroxylation is 3. The minimum atomic E-state index is 0.246. The largest absolute Gasteiger partial charge is 0.310 e. The van der Waals surface area contributed by atoms with Crippen molar-refractivity contribution in [3.05, 3.63) is 439 Å². The number of anilines is 6. The first-order chi connectivity index (χ1) is 62.8. The molecule has 0 N–H and O–H groups in total. The Hall–Kier alpha value is -14.0. The Bertz CT molecular complexity index is 7430. The Morgan fingerprint density at radius 2 is 0.492 bits per heavy atom. The predicted molar refractivity (Wildman–Crippen MR) is 539 cm³/mol. The van der Waals surface area contributed by atoms with Gasteiger partial charge in [0.05, 0.1) is 33.1 Å². The molecule has 4 unspecified atom stereocenters. The normalized spacial score (nSPS) is 21.2. The number of benzene rings is 16. The average molecular weight is 1650 g/mol. The van der Waals surface area contributed by atoms with Crippen molar-refractivity contribution in [2.24, 2.45) is 23.7 Å². The highest BCUT2D eigenvalue weighted by Gasteiger charge is 2.60. The van der Waals surface area contributed by atoms with Crippen LogP contribution < -0.4 is 9.80 Å². The van der Waals surface area contributed by atoms with Crippen LogP contribution in [0.4, 0.5) is 34.1 Å². The van der Waals surface area contributed by atoms with E-state index in [0.717, 1.165) is 69.2 Å². The fourth-order valence-corrected chi connectivity index (χ4v) is 26.2. The molecule has 0 aliphatic heterocycles. The molecular formula is C123H105N5. The molecule has 622 valence electrons. The first-order valence-corrected chi connectivity index (χ1v) is 46.6. The zero-order valence-corrected chi connectivity index (χ0v) is 73.4. The number of aromatic nitrogens is 3. The lowest BCUT2D eigenvalue weighted by Crippen LogP contribution is -2.55. The highest BCUT2D eigenvalue weighted by atomic mass is 15.2. The Balaban J connectivity index is 0.000000145. The van der Waals surface area contributed by atoms with Gasteiger partial charge in [0.2, 0.25) is 0 Å². The van der Waals surface area contributed by atoms with E-state index in [2.05, 4.69) is 434 Å². The molecule has 8 aliphatic carbocycles. The smallest absolute Gasteiger partial charge is 0.0542 e. The van der Waals surface area contributed by atoms with Gasteiger partial charge in [-0.05, 0) is 357 Å². The molecule has 8 fully saturated rings. The van der Waals surface area contributed by atoms with E-state index in [1.807, 2.05) is 12.2 Å². The number of hydrogen-bond acceptors (Lipinski definition) is 2. The summed E-state index contributed by atoms with van der Waals surface area (Å²) in [7, 11) is 0. The molecule has 3 aromatic heterocycles. The van der Waals surface area contributed by atoms with Gasteiger partial charge in [0, 0.05) is 83.5 Å². The lowest BCUT2D eigenvalue weighted by Gasteiger charge is -2.63. The second-order valence-corrected chi connectivity index (χ2v) is 39.1. The van der Waals surface area contributed by atoms with Gasteiger partial charge in [0.25, 0.3) is 0 Å². The van der Waals surface area contributed by atoms with Crippen LogP contribution in [0, 0.1) is 44.4 Å². The van der Waals surface area contributed by atoms with Crippen molar-refractivity contribution in [2.45, 2.75) is 119 Å². The lowest BCUT2D eigenvalue weighted by molar-refractivity contribution is -0.0282. The van der Waals surface area contributed by atoms with Crippen molar-refractivity contribution >= 4 is 112 Å². The van der Waals surface area contributed by atoms with Gasteiger partial charge in [-0.3, -0.25) is 0 Å². The van der Waals surface area contributed by atoms with Gasteiger partial charge < -0.3 is 23.5 Å². The number of hydrogen-bond donors (Lipinski definition) is 0. The molecule has 5 heteroatoms. The van der Waals surface area contributed by atoms with Crippen LogP contribution in [0.15, 0.2) is 389 Å². The molecular weight excluding hydrogens is 1550 g/mol. The van der Waals surface area contributed by atoms with Gasteiger partial charge in [0.15, 0.2) is 0 Å². The molecule has 8 bridgehead atoms. The van der Waals surface area contributed by atoms with E-state index in [4.69, 9.17) is 0 Å². The maximum Gasteiger partial charge on any atom is 0.0542 e. The maximum absolute atomic E-state index is 4.03. The third-order valence-corrected chi connectivity index (χ3v) is 31.1. The summed E-state index contributed by atoms with van der Waals surface area (Å²) < 4.78 is 7.26. The van der Waals surface area contributed by atoms with Crippen LogP contribution in [0.5, 0.6) is 0 Å². The molecule has 0 spiro atoms. The number of rotatable bonds is 17. The van der Waals surface area contributed by atoms with Crippen molar-refractivity contribution in [3.8, 4) is 39.3 Å². The van der Waals surface area contributed by atoms with Gasteiger partial charge in [-0.15, -0.1) is 0 Å². The number of nitrogens with zero attached hydrogens (tertiary/aromatic N) is 5. The maximum atomic E-state index is 4.03. The van der Waals surface area contributed by atoms with E-state index >= 15 is 0 Å². The summed E-state index contributed by atoms with van der Waals surface area (Å²) in [5.74, 6) is 3.26. The summed E-state index contributed by atoms with van der Waals surface area (Å²) in [5, 5.41) is 7.46. The second kappa shape index (κ2) is 30.7. The standard InChI is InChI=1S/C67H55N3.C56H50N2/c1-3-46-20-25-51(26-21-46)66-40-47-36-48(41-66)43-67(42-47,44-66)52-27-22-49(23-28-52)50-24-33-63-59(37-50)61-39-57(32-35-65(61)70(63)54-14-8-5-9-15-54)68(55-29-18-45(2)19-30-55)56-31-34-64-60(38-56)58-16-10-11-17-62(58)69(64)53-12-6-4-7-13-53;1-4-40-14-19-45(20-15-40)55-33-41-30-42(34-55)36-56(35-41,37-55)46-21-16-43(17-22-46)44-18-28-53-51(31-44)52-32-50(27-29-54(52)58(53)47-8-6-5-7-9-47)57(48-23-10-38(2)11-24-48)49-25-12-39(3)13-26-49/h3-35,37-39,47-48H,1,36,40-44H2,2H3;4-29,31-32,41-42H,1,30,33-37H2,2-3H3. The van der Waals surface area contributed by atoms with Gasteiger partial charge >= 0.3 is 0 Å². The van der Waals surface area contributed by atoms with Crippen molar-refractivity contribution in [3.63, 3.8) is 0 Å². The minimum Gasteiger partial charge on any atom is -0.310 e.